The van der Waals surface area contributed by atoms with E-state index in [0.717, 1.165) is 24.3 Å². The van der Waals surface area contributed by atoms with Crippen LogP contribution < -0.4 is 9.47 Å². The molecule has 0 radical (unpaired) electrons. The number of ether oxygens (including phenoxy) is 3. The minimum Gasteiger partial charge on any atom is -0.493 e. The molecule has 0 aromatic heterocycles. The lowest BCUT2D eigenvalue weighted by Gasteiger charge is -2.57. The van der Waals surface area contributed by atoms with E-state index >= 15 is 0 Å². The number of amides is 1. The number of carbonyl (C=O) groups excluding carboxylic acids is 1. The predicted molar refractivity (Wildman–Crippen MR) is 97.9 cm³/mol. The zero-order valence-electron chi connectivity index (χ0n) is 16.0. The summed E-state index contributed by atoms with van der Waals surface area (Å²) in [5, 5.41) is 10.7. The van der Waals surface area contributed by atoms with Gasteiger partial charge in [-0.25, -0.2) is 4.48 Å². The summed E-state index contributed by atoms with van der Waals surface area (Å²) in [5.74, 6) is 1.61. The first-order valence-corrected chi connectivity index (χ1v) is 9.73. The topological polar surface area (TPSA) is 65.0 Å². The Bertz CT molecular complexity index is 851. The third-order valence-corrected chi connectivity index (χ3v) is 7.32. The Morgan fingerprint density at radius 1 is 1.41 bits per heavy atom. The Hall–Kier alpha value is -2.05. The van der Waals surface area contributed by atoms with E-state index in [0.29, 0.717) is 13.2 Å². The number of nitrogens with zero attached hydrogens (tertiary/aromatic N) is 1. The zero-order chi connectivity index (χ0) is 19.0. The molecule has 6 heteroatoms. The third kappa shape index (κ3) is 1.90. The van der Waals surface area contributed by atoms with Crippen LogP contribution in [0, 0.1) is 5.92 Å². The van der Waals surface area contributed by atoms with Gasteiger partial charge in [-0.15, -0.1) is 0 Å². The fourth-order valence-corrected chi connectivity index (χ4v) is 6.07. The number of benzene rings is 1. The summed E-state index contributed by atoms with van der Waals surface area (Å²) in [4.78, 5) is 12.9. The molecule has 2 bridgehead atoms. The molecular weight excluding hydrogens is 346 g/mol. The van der Waals surface area contributed by atoms with Crippen LogP contribution >= 0.6 is 0 Å². The molecule has 1 spiro atoms. The van der Waals surface area contributed by atoms with Crippen molar-refractivity contribution >= 4 is 6.09 Å². The second-order valence-electron chi connectivity index (χ2n) is 8.32. The molecule has 1 fully saturated rings. The molecule has 1 saturated heterocycles. The maximum absolute atomic E-state index is 12.9. The number of likely N-dealkylation sites (N-methyl/N-ethyl adjacent to an activating group) is 1. The maximum Gasteiger partial charge on any atom is 0.516 e. The number of aliphatic hydroxyl groups is 1. The molecule has 1 aromatic rings. The van der Waals surface area contributed by atoms with Gasteiger partial charge in [-0.05, 0) is 18.6 Å². The lowest BCUT2D eigenvalue weighted by atomic mass is 9.53. The molecular formula is C21H26NO5+. The highest BCUT2D eigenvalue weighted by Gasteiger charge is 2.69. The van der Waals surface area contributed by atoms with Gasteiger partial charge >= 0.3 is 6.09 Å². The lowest BCUT2D eigenvalue weighted by Crippen LogP contribution is -2.72. The van der Waals surface area contributed by atoms with Crippen LogP contribution in [-0.4, -0.2) is 61.2 Å². The fraction of sp³-hybridized carbons (Fsp3) is 0.571. The summed E-state index contributed by atoms with van der Waals surface area (Å²) in [7, 11) is 3.64. The number of hydrogen-bond acceptors (Lipinski definition) is 5. The van der Waals surface area contributed by atoms with Crippen molar-refractivity contribution in [3.8, 4) is 11.5 Å². The van der Waals surface area contributed by atoms with Crippen LogP contribution in [0.3, 0.4) is 0 Å². The zero-order valence-corrected chi connectivity index (χ0v) is 16.0. The van der Waals surface area contributed by atoms with Gasteiger partial charge in [0, 0.05) is 24.3 Å². The van der Waals surface area contributed by atoms with E-state index in [1.165, 1.54) is 11.1 Å². The van der Waals surface area contributed by atoms with E-state index in [2.05, 4.69) is 12.1 Å². The van der Waals surface area contributed by atoms with Crippen molar-refractivity contribution in [2.75, 3.05) is 27.3 Å². The summed E-state index contributed by atoms with van der Waals surface area (Å²) in [6.07, 6.45) is 4.34. The van der Waals surface area contributed by atoms with E-state index in [-0.39, 0.29) is 34.1 Å². The highest BCUT2D eigenvalue weighted by atomic mass is 16.6. The summed E-state index contributed by atoms with van der Waals surface area (Å²) >= 11 is 0. The monoisotopic (exact) mass is 372 g/mol. The van der Waals surface area contributed by atoms with Crippen molar-refractivity contribution in [2.24, 2.45) is 5.92 Å². The Balaban J connectivity index is 1.72. The van der Waals surface area contributed by atoms with Gasteiger partial charge in [0.2, 0.25) is 0 Å². The number of hydrogen-bond donors (Lipinski definition) is 1. The predicted octanol–water partition coefficient (Wildman–Crippen LogP) is 2.17. The molecule has 1 unspecified atom stereocenters. The molecule has 1 N–H and O–H groups in total. The SMILES string of the molecule is CCOC(=O)[N+]1(C)CC[C@]23c4c5ccc(OC)c4O[C@H]2[C@@H](O)C=C[C@H]3[C@H]1C5. The molecule has 2 aliphatic carbocycles. The quantitative estimate of drug-likeness (QED) is 0.637. The van der Waals surface area contributed by atoms with Gasteiger partial charge in [0.05, 0.1) is 32.7 Å². The van der Waals surface area contributed by atoms with E-state index in [9.17, 15) is 9.90 Å². The van der Waals surface area contributed by atoms with Crippen molar-refractivity contribution in [3.63, 3.8) is 0 Å². The Morgan fingerprint density at radius 2 is 2.22 bits per heavy atom. The normalized spacial score (nSPS) is 40.1. The highest BCUT2D eigenvalue weighted by Crippen LogP contribution is 2.63. The minimum absolute atomic E-state index is 0.0690. The molecule has 144 valence electrons. The largest absolute Gasteiger partial charge is 0.516 e. The number of rotatable bonds is 2. The maximum atomic E-state index is 12.9. The number of methoxy groups -OCH3 is 1. The van der Waals surface area contributed by atoms with Crippen molar-refractivity contribution in [3.05, 3.63) is 35.4 Å². The first-order valence-electron chi connectivity index (χ1n) is 9.73. The van der Waals surface area contributed by atoms with E-state index in [1.807, 2.05) is 26.1 Å². The van der Waals surface area contributed by atoms with Crippen LogP contribution in [0.15, 0.2) is 24.3 Å². The standard InChI is InChI=1S/C21H26NO5/c1-4-26-20(24)22(2)10-9-21-13-6-7-15(23)19(21)27-18-16(25-3)8-5-12(17(18)21)11-14(13)22/h5-8,13-15,19,23H,4,9-11H2,1-3H3/q+1/t13-,14+,15-,19-,21-,22?/m0/s1. The molecule has 1 aromatic carbocycles. The molecule has 0 saturated carbocycles. The second-order valence-corrected chi connectivity index (χ2v) is 8.32. The third-order valence-electron chi connectivity index (χ3n) is 7.32. The molecule has 6 nitrogen and oxygen atoms in total. The van der Waals surface area contributed by atoms with E-state index < -0.39 is 6.10 Å². The van der Waals surface area contributed by atoms with E-state index in [1.54, 1.807) is 7.11 Å². The van der Waals surface area contributed by atoms with Crippen LogP contribution in [-0.2, 0) is 16.6 Å². The molecule has 6 atom stereocenters. The van der Waals surface area contributed by atoms with E-state index in [4.69, 9.17) is 14.2 Å². The molecule has 4 aliphatic rings. The second kappa shape index (κ2) is 5.49. The summed E-state index contributed by atoms with van der Waals surface area (Å²) in [6, 6.07) is 4.10. The minimum atomic E-state index is -0.663. The number of carbonyl (C=O) groups is 1. The molecule has 27 heavy (non-hydrogen) atoms. The van der Waals surface area contributed by atoms with Crippen LogP contribution in [0.1, 0.15) is 24.5 Å². The van der Waals surface area contributed by atoms with Crippen LogP contribution in [0.5, 0.6) is 11.5 Å². The average molecular weight is 372 g/mol. The summed E-state index contributed by atoms with van der Waals surface area (Å²) in [6.45, 7) is 2.91. The molecule has 5 rings (SSSR count). The molecule has 2 aliphatic heterocycles. The van der Waals surface area contributed by atoms with Crippen LogP contribution in [0.4, 0.5) is 4.79 Å². The number of aliphatic hydroxyl groups excluding tert-OH is 1. The number of likely N-dealkylation sites (tertiary alicyclic amines) is 1. The first kappa shape index (κ1) is 17.1. The summed E-state index contributed by atoms with van der Waals surface area (Å²) < 4.78 is 17.6. The number of quaternary nitrogens is 1. The van der Waals surface area contributed by atoms with Gasteiger partial charge < -0.3 is 19.3 Å². The van der Waals surface area contributed by atoms with Gasteiger partial charge in [-0.1, -0.05) is 18.2 Å². The lowest BCUT2D eigenvalue weighted by molar-refractivity contribution is -0.876. The van der Waals surface area contributed by atoms with Crippen molar-refractivity contribution in [2.45, 2.75) is 43.4 Å². The van der Waals surface area contributed by atoms with Gasteiger partial charge in [0.15, 0.2) is 11.5 Å². The average Bonchev–Trinajstić information content (AvgIpc) is 3.02. The van der Waals surface area contributed by atoms with Crippen molar-refractivity contribution in [1.82, 2.24) is 0 Å². The smallest absolute Gasteiger partial charge is 0.493 e. The van der Waals surface area contributed by atoms with Gasteiger partial charge in [-0.2, -0.15) is 4.79 Å². The van der Waals surface area contributed by atoms with Crippen molar-refractivity contribution < 1.29 is 28.6 Å². The van der Waals surface area contributed by atoms with Crippen molar-refractivity contribution in [1.29, 1.82) is 0 Å². The van der Waals surface area contributed by atoms with Gasteiger partial charge in [-0.3, -0.25) is 0 Å². The first-order chi connectivity index (χ1) is 13.0. The van der Waals surface area contributed by atoms with Gasteiger partial charge in [0.25, 0.3) is 0 Å². The van der Waals surface area contributed by atoms with Crippen LogP contribution in [0.25, 0.3) is 0 Å². The van der Waals surface area contributed by atoms with Crippen LogP contribution in [0.2, 0.25) is 0 Å². The molecule has 1 amide bonds. The van der Waals surface area contributed by atoms with Gasteiger partial charge in [0.1, 0.15) is 18.2 Å². The highest BCUT2D eigenvalue weighted by molar-refractivity contribution is 5.64. The Kier molecular flexibility index (Phi) is 3.47. The summed E-state index contributed by atoms with van der Waals surface area (Å²) in [5.41, 5.74) is 2.08. The Labute approximate surface area is 158 Å². The number of piperidine rings is 1. The molecule has 2 heterocycles. The fourth-order valence-electron chi connectivity index (χ4n) is 6.07. The Morgan fingerprint density at radius 3 is 2.96 bits per heavy atom.